The van der Waals surface area contributed by atoms with Gasteiger partial charge in [-0.1, -0.05) is 0 Å². The fraction of sp³-hybridized carbons (Fsp3) is 0.812. The smallest absolute Gasteiger partial charge is 0.265 e. The summed E-state index contributed by atoms with van der Waals surface area (Å²) in [6.07, 6.45) is 5.51. The van der Waals surface area contributed by atoms with Crippen LogP contribution in [0.4, 0.5) is 5.95 Å². The van der Waals surface area contributed by atoms with Crippen molar-refractivity contribution in [3.05, 3.63) is 5.89 Å². The van der Waals surface area contributed by atoms with Crippen molar-refractivity contribution in [1.82, 2.24) is 15.0 Å². The lowest BCUT2D eigenvalue weighted by Crippen LogP contribution is -2.41. The highest BCUT2D eigenvalue weighted by atomic mass is 16.5. The largest absolute Gasteiger partial charge is 0.344 e. The van der Waals surface area contributed by atoms with Gasteiger partial charge in [-0.05, 0) is 49.1 Å². The number of piperidine rings is 1. The number of carbonyl (C=O) groups is 1. The van der Waals surface area contributed by atoms with E-state index in [1.165, 1.54) is 6.42 Å². The van der Waals surface area contributed by atoms with Gasteiger partial charge >= 0.3 is 0 Å². The van der Waals surface area contributed by atoms with E-state index in [0.29, 0.717) is 23.7 Å². The number of carbonyl (C=O) groups excluding carboxylic acids is 1. The molecule has 3 atom stereocenters. The fourth-order valence-corrected chi connectivity index (χ4v) is 4.10. The second-order valence-corrected chi connectivity index (χ2v) is 7.35. The Balaban J connectivity index is 1.32. The molecule has 0 aromatic carbocycles. The molecular weight excluding hydrogens is 280 g/mol. The van der Waals surface area contributed by atoms with Gasteiger partial charge in [0.05, 0.1) is 0 Å². The van der Waals surface area contributed by atoms with Gasteiger partial charge in [0.15, 0.2) is 0 Å². The lowest BCUT2D eigenvalue weighted by molar-refractivity contribution is -0.136. The Morgan fingerprint density at radius 3 is 2.45 bits per heavy atom. The monoisotopic (exact) mass is 304 g/mol. The predicted octanol–water partition coefficient (Wildman–Crippen LogP) is 1.89. The van der Waals surface area contributed by atoms with Crippen LogP contribution in [0.3, 0.4) is 0 Å². The van der Waals surface area contributed by atoms with Crippen LogP contribution in [0.1, 0.15) is 43.9 Å². The first-order chi connectivity index (χ1) is 10.6. The zero-order valence-electron chi connectivity index (χ0n) is 13.4. The number of nitrogens with zero attached hydrogens (tertiary/aromatic N) is 4. The minimum atomic E-state index is 0.294. The molecule has 2 heterocycles. The third kappa shape index (κ3) is 2.48. The number of anilines is 1. The molecule has 0 spiro atoms. The molecule has 2 aliphatic carbocycles. The van der Waals surface area contributed by atoms with E-state index < -0.39 is 0 Å². The summed E-state index contributed by atoms with van der Waals surface area (Å²) in [5, 5.41) is 3.98. The van der Waals surface area contributed by atoms with Gasteiger partial charge < -0.3 is 14.3 Å². The van der Waals surface area contributed by atoms with Gasteiger partial charge in [-0.25, -0.2) is 0 Å². The van der Waals surface area contributed by atoms with E-state index in [9.17, 15) is 4.79 Å². The lowest BCUT2D eigenvalue weighted by Gasteiger charge is -2.32. The number of rotatable bonds is 3. The Kier molecular flexibility index (Phi) is 3.35. The van der Waals surface area contributed by atoms with Crippen LogP contribution < -0.4 is 4.90 Å². The van der Waals surface area contributed by atoms with Crippen LogP contribution in [-0.4, -0.2) is 48.1 Å². The maximum absolute atomic E-state index is 12.6. The Bertz CT molecular complexity index is 552. The molecule has 0 N–H and O–H groups in total. The number of likely N-dealkylation sites (tertiary alicyclic amines) is 1. The molecule has 1 unspecified atom stereocenters. The van der Waals surface area contributed by atoms with Crippen molar-refractivity contribution in [2.75, 3.05) is 32.1 Å². The first-order valence-electron chi connectivity index (χ1n) is 8.41. The third-order valence-corrected chi connectivity index (χ3v) is 5.58. The molecule has 3 fully saturated rings. The van der Waals surface area contributed by atoms with Crippen LogP contribution in [0.15, 0.2) is 4.52 Å². The number of hydrogen-bond acceptors (Lipinski definition) is 5. The SMILES string of the molecule is CN(C)c1noc(C2CCN(C(=O)C3C[C@@H]4C[C@@H]4C3)CC2)n1. The van der Waals surface area contributed by atoms with E-state index in [2.05, 4.69) is 15.0 Å². The van der Waals surface area contributed by atoms with Crippen LogP contribution in [0.25, 0.3) is 0 Å². The molecule has 120 valence electrons. The van der Waals surface area contributed by atoms with E-state index in [1.54, 1.807) is 0 Å². The topological polar surface area (TPSA) is 62.5 Å². The van der Waals surface area contributed by atoms with Crippen molar-refractivity contribution in [2.45, 2.75) is 38.0 Å². The molecule has 1 aliphatic heterocycles. The maximum atomic E-state index is 12.6. The van der Waals surface area contributed by atoms with Gasteiger partial charge in [-0.2, -0.15) is 4.98 Å². The summed E-state index contributed by atoms with van der Waals surface area (Å²) in [5.41, 5.74) is 0. The van der Waals surface area contributed by atoms with Gasteiger partial charge in [-0.3, -0.25) is 4.79 Å². The van der Waals surface area contributed by atoms with Crippen LogP contribution in [0.5, 0.6) is 0 Å². The number of amides is 1. The predicted molar refractivity (Wildman–Crippen MR) is 81.5 cm³/mol. The van der Waals surface area contributed by atoms with Gasteiger partial charge in [0.2, 0.25) is 11.8 Å². The third-order valence-electron chi connectivity index (χ3n) is 5.58. The Morgan fingerprint density at radius 1 is 1.18 bits per heavy atom. The molecule has 1 amide bonds. The number of hydrogen-bond donors (Lipinski definition) is 0. The first kappa shape index (κ1) is 14.0. The zero-order chi connectivity index (χ0) is 15.3. The Labute approximate surface area is 130 Å². The van der Waals surface area contributed by atoms with Crippen molar-refractivity contribution in [3.63, 3.8) is 0 Å². The summed E-state index contributed by atoms with van der Waals surface area (Å²) < 4.78 is 5.37. The van der Waals surface area contributed by atoms with Crippen molar-refractivity contribution < 1.29 is 9.32 Å². The highest BCUT2D eigenvalue weighted by molar-refractivity contribution is 5.79. The van der Waals surface area contributed by atoms with Crippen molar-refractivity contribution in [2.24, 2.45) is 17.8 Å². The first-order valence-corrected chi connectivity index (χ1v) is 8.41. The second kappa shape index (κ2) is 5.25. The minimum Gasteiger partial charge on any atom is -0.344 e. The van der Waals surface area contributed by atoms with Gasteiger partial charge in [-0.15, -0.1) is 0 Å². The van der Waals surface area contributed by atoms with E-state index in [-0.39, 0.29) is 0 Å². The van der Waals surface area contributed by atoms with Crippen molar-refractivity contribution >= 4 is 11.9 Å². The molecule has 22 heavy (non-hydrogen) atoms. The van der Waals surface area contributed by atoms with E-state index in [4.69, 9.17) is 4.52 Å². The maximum Gasteiger partial charge on any atom is 0.265 e. The molecule has 0 bridgehead atoms. The molecule has 6 nitrogen and oxygen atoms in total. The fourth-order valence-electron chi connectivity index (χ4n) is 4.10. The Morgan fingerprint density at radius 2 is 1.86 bits per heavy atom. The molecule has 2 saturated carbocycles. The summed E-state index contributed by atoms with van der Waals surface area (Å²) in [7, 11) is 3.81. The summed E-state index contributed by atoms with van der Waals surface area (Å²) in [4.78, 5) is 20.9. The summed E-state index contributed by atoms with van der Waals surface area (Å²) in [6, 6.07) is 0. The van der Waals surface area contributed by atoms with E-state index >= 15 is 0 Å². The molecule has 6 heteroatoms. The van der Waals surface area contributed by atoms with E-state index in [1.807, 2.05) is 19.0 Å². The van der Waals surface area contributed by atoms with Gasteiger partial charge in [0.25, 0.3) is 5.95 Å². The molecule has 3 aliphatic rings. The van der Waals surface area contributed by atoms with Crippen LogP contribution in [0.2, 0.25) is 0 Å². The van der Waals surface area contributed by atoms with Gasteiger partial charge in [0, 0.05) is 39.0 Å². The van der Waals surface area contributed by atoms with Gasteiger partial charge in [0.1, 0.15) is 0 Å². The molecule has 1 aromatic rings. The Hall–Kier alpha value is -1.59. The molecule has 4 rings (SSSR count). The standard InChI is InChI=1S/C16H24N4O2/c1-19(2)16-17-14(22-18-16)10-3-5-20(6-4-10)15(21)13-8-11-7-12(11)9-13/h10-13H,3-9H2,1-2H3/t11-,12+,13?. The summed E-state index contributed by atoms with van der Waals surface area (Å²) in [5.74, 6) is 4.08. The lowest BCUT2D eigenvalue weighted by atomic mass is 9.94. The zero-order valence-corrected chi connectivity index (χ0v) is 13.4. The highest BCUT2D eigenvalue weighted by Crippen LogP contribution is 2.54. The quantitative estimate of drug-likeness (QED) is 0.853. The minimum absolute atomic E-state index is 0.294. The molecular formula is C16H24N4O2. The molecule has 1 saturated heterocycles. The number of fused-ring (bicyclic) bond motifs is 1. The highest BCUT2D eigenvalue weighted by Gasteiger charge is 2.49. The van der Waals surface area contributed by atoms with E-state index in [0.717, 1.165) is 56.5 Å². The van der Waals surface area contributed by atoms with Crippen LogP contribution in [-0.2, 0) is 4.79 Å². The molecule has 0 radical (unpaired) electrons. The average molecular weight is 304 g/mol. The normalized spacial score (nSPS) is 31.2. The average Bonchev–Trinajstić information content (AvgIpc) is 2.95. The van der Waals surface area contributed by atoms with Crippen LogP contribution >= 0.6 is 0 Å². The van der Waals surface area contributed by atoms with Crippen LogP contribution in [0, 0.1) is 17.8 Å². The summed E-state index contributed by atoms with van der Waals surface area (Å²) in [6.45, 7) is 1.66. The second-order valence-electron chi connectivity index (χ2n) is 7.35. The van der Waals surface area contributed by atoms with Crippen molar-refractivity contribution in [1.29, 1.82) is 0 Å². The number of aromatic nitrogens is 2. The molecule has 1 aromatic heterocycles. The van der Waals surface area contributed by atoms with Crippen molar-refractivity contribution in [3.8, 4) is 0 Å². The summed E-state index contributed by atoms with van der Waals surface area (Å²) >= 11 is 0.